The number of benzene rings is 1. The van der Waals surface area contributed by atoms with Crippen molar-refractivity contribution < 1.29 is 12.6 Å². The average Bonchev–Trinajstić information content (AvgIpc) is 2.65. The zero-order chi connectivity index (χ0) is 11.6. The van der Waals surface area contributed by atoms with E-state index < -0.39 is 9.33 Å². The maximum atomic E-state index is 10.6. The SMILES string of the molecule is O=S(=O)(Cl)Oc1nnc(-c2ccccc2)[nH]1. The fourth-order valence-electron chi connectivity index (χ4n) is 1.10. The highest BCUT2D eigenvalue weighted by molar-refractivity contribution is 8.10. The van der Waals surface area contributed by atoms with Gasteiger partial charge in [-0.3, -0.25) is 4.98 Å². The quantitative estimate of drug-likeness (QED) is 0.841. The second-order valence-corrected chi connectivity index (χ2v) is 4.91. The van der Waals surface area contributed by atoms with Crippen molar-refractivity contribution in [1.29, 1.82) is 0 Å². The predicted octanol–water partition coefficient (Wildman–Crippen LogP) is 1.33. The number of nitrogens with zero attached hydrogens (tertiary/aromatic N) is 2. The molecule has 84 valence electrons. The lowest BCUT2D eigenvalue weighted by Gasteiger charge is -1.94. The van der Waals surface area contributed by atoms with Crippen molar-refractivity contribution in [3.63, 3.8) is 0 Å². The molecule has 0 saturated heterocycles. The summed E-state index contributed by atoms with van der Waals surface area (Å²) in [4.78, 5) is 2.58. The van der Waals surface area contributed by atoms with Gasteiger partial charge in [-0.05, 0) is 0 Å². The fraction of sp³-hybridized carbons (Fsp3) is 0. The van der Waals surface area contributed by atoms with Crippen LogP contribution in [-0.4, -0.2) is 23.6 Å². The Bertz CT molecular complexity index is 582. The number of hydrogen-bond acceptors (Lipinski definition) is 5. The number of aromatic amines is 1. The molecule has 0 aliphatic heterocycles. The minimum Gasteiger partial charge on any atom is -0.332 e. The van der Waals surface area contributed by atoms with Crippen LogP contribution in [0.2, 0.25) is 0 Å². The summed E-state index contributed by atoms with van der Waals surface area (Å²) >= 11 is 0. The number of H-pyrrole nitrogens is 1. The summed E-state index contributed by atoms with van der Waals surface area (Å²) < 4.78 is 25.5. The van der Waals surface area contributed by atoms with E-state index in [-0.39, 0.29) is 6.01 Å². The zero-order valence-electron chi connectivity index (χ0n) is 7.79. The standard InChI is InChI=1S/C8H6ClN3O3S/c9-16(13,14)15-8-10-7(11-12-8)6-4-2-1-3-5-6/h1-5H,(H,10,11,12). The van der Waals surface area contributed by atoms with Gasteiger partial charge in [-0.2, -0.15) is 8.42 Å². The summed E-state index contributed by atoms with van der Waals surface area (Å²) in [5, 5.41) is 7.20. The first-order valence-corrected chi connectivity index (χ1v) is 6.40. The third kappa shape index (κ3) is 2.71. The summed E-state index contributed by atoms with van der Waals surface area (Å²) in [6.45, 7) is 0. The lowest BCUT2D eigenvalue weighted by atomic mass is 10.2. The maximum Gasteiger partial charge on any atom is 0.403 e. The highest BCUT2D eigenvalue weighted by atomic mass is 35.7. The molecule has 0 amide bonds. The van der Waals surface area contributed by atoms with Crippen LogP contribution >= 0.6 is 10.7 Å². The molecule has 1 aromatic heterocycles. The van der Waals surface area contributed by atoms with Gasteiger partial charge in [-0.15, -0.1) is 5.10 Å². The molecule has 0 unspecified atom stereocenters. The Morgan fingerprint density at radius 3 is 2.50 bits per heavy atom. The molecule has 1 heterocycles. The fourth-order valence-corrected chi connectivity index (χ4v) is 1.55. The highest BCUT2D eigenvalue weighted by Gasteiger charge is 2.12. The summed E-state index contributed by atoms with van der Waals surface area (Å²) in [7, 11) is 0.778. The molecule has 0 bridgehead atoms. The number of halogens is 1. The molecule has 0 aliphatic rings. The summed E-state index contributed by atoms with van der Waals surface area (Å²) in [6.07, 6.45) is 0. The normalized spacial score (nSPS) is 11.3. The lowest BCUT2D eigenvalue weighted by Crippen LogP contribution is -2.01. The summed E-state index contributed by atoms with van der Waals surface area (Å²) in [5.74, 6) is 0.399. The van der Waals surface area contributed by atoms with Crippen LogP contribution in [0.25, 0.3) is 11.4 Å². The molecule has 0 radical (unpaired) electrons. The van der Waals surface area contributed by atoms with Crippen molar-refractivity contribution in [2.24, 2.45) is 0 Å². The van der Waals surface area contributed by atoms with E-state index >= 15 is 0 Å². The Balaban J connectivity index is 2.27. The van der Waals surface area contributed by atoms with Gasteiger partial charge in [-0.1, -0.05) is 35.4 Å². The second kappa shape index (κ2) is 4.11. The van der Waals surface area contributed by atoms with Crippen molar-refractivity contribution >= 4 is 20.0 Å². The molecule has 1 N–H and O–H groups in total. The average molecular weight is 260 g/mol. The first kappa shape index (κ1) is 10.9. The summed E-state index contributed by atoms with van der Waals surface area (Å²) in [5.41, 5.74) is 0.761. The molecule has 0 aliphatic carbocycles. The van der Waals surface area contributed by atoms with E-state index in [1.807, 2.05) is 18.2 Å². The minimum absolute atomic E-state index is 0.270. The van der Waals surface area contributed by atoms with Crippen molar-refractivity contribution in [1.82, 2.24) is 15.2 Å². The van der Waals surface area contributed by atoms with E-state index in [4.69, 9.17) is 10.7 Å². The van der Waals surface area contributed by atoms with Gasteiger partial charge in [0.1, 0.15) is 0 Å². The molecular weight excluding hydrogens is 254 g/mol. The molecule has 0 saturated carbocycles. The maximum absolute atomic E-state index is 10.6. The Kier molecular flexibility index (Phi) is 2.80. The monoisotopic (exact) mass is 259 g/mol. The number of hydrogen-bond donors (Lipinski definition) is 1. The molecule has 0 atom stereocenters. The Hall–Kier alpha value is -1.60. The minimum atomic E-state index is -4.11. The van der Waals surface area contributed by atoms with Gasteiger partial charge >= 0.3 is 15.3 Å². The molecule has 0 fully saturated rings. The Morgan fingerprint density at radius 1 is 1.19 bits per heavy atom. The number of aromatic nitrogens is 3. The molecular formula is C8H6ClN3O3S. The lowest BCUT2D eigenvalue weighted by molar-refractivity contribution is 0.481. The summed E-state index contributed by atoms with van der Waals surface area (Å²) in [6, 6.07) is 8.79. The van der Waals surface area contributed by atoms with Gasteiger partial charge in [0.15, 0.2) is 5.82 Å². The van der Waals surface area contributed by atoms with E-state index in [2.05, 4.69) is 19.4 Å². The van der Waals surface area contributed by atoms with Gasteiger partial charge in [0.05, 0.1) is 10.7 Å². The first-order chi connectivity index (χ1) is 7.54. The van der Waals surface area contributed by atoms with Crippen molar-refractivity contribution in [2.75, 3.05) is 0 Å². The predicted molar refractivity (Wildman–Crippen MR) is 57.2 cm³/mol. The Labute approximate surface area is 95.9 Å². The van der Waals surface area contributed by atoms with Gasteiger partial charge in [0.25, 0.3) is 0 Å². The third-order valence-corrected chi connectivity index (χ3v) is 2.24. The molecule has 8 heteroatoms. The van der Waals surface area contributed by atoms with Crippen LogP contribution in [0.4, 0.5) is 0 Å². The molecule has 2 rings (SSSR count). The molecule has 1 aromatic carbocycles. The van der Waals surface area contributed by atoms with Gasteiger partial charge < -0.3 is 4.18 Å². The van der Waals surface area contributed by atoms with Crippen molar-refractivity contribution in [3.8, 4) is 17.4 Å². The second-order valence-electron chi connectivity index (χ2n) is 2.82. The molecule has 2 aromatic rings. The van der Waals surface area contributed by atoms with Crippen LogP contribution in [0.5, 0.6) is 6.01 Å². The van der Waals surface area contributed by atoms with Crippen LogP contribution in [-0.2, 0) is 9.33 Å². The highest BCUT2D eigenvalue weighted by Crippen LogP contribution is 2.17. The molecule has 6 nitrogen and oxygen atoms in total. The molecule has 0 spiro atoms. The third-order valence-electron chi connectivity index (χ3n) is 1.69. The van der Waals surface area contributed by atoms with Crippen LogP contribution in [0.1, 0.15) is 0 Å². The van der Waals surface area contributed by atoms with Crippen molar-refractivity contribution in [2.45, 2.75) is 0 Å². The molecule has 16 heavy (non-hydrogen) atoms. The van der Waals surface area contributed by atoms with Crippen LogP contribution in [0.15, 0.2) is 30.3 Å². The zero-order valence-corrected chi connectivity index (χ0v) is 9.36. The first-order valence-electron chi connectivity index (χ1n) is 4.17. The number of rotatable bonds is 3. The topological polar surface area (TPSA) is 84.9 Å². The Morgan fingerprint density at radius 2 is 1.88 bits per heavy atom. The van der Waals surface area contributed by atoms with E-state index in [0.29, 0.717) is 5.82 Å². The smallest absolute Gasteiger partial charge is 0.332 e. The van der Waals surface area contributed by atoms with Crippen molar-refractivity contribution in [3.05, 3.63) is 30.3 Å². The van der Waals surface area contributed by atoms with E-state index in [1.54, 1.807) is 12.1 Å². The largest absolute Gasteiger partial charge is 0.403 e. The van der Waals surface area contributed by atoms with Crippen LogP contribution < -0.4 is 4.18 Å². The van der Waals surface area contributed by atoms with Gasteiger partial charge in [-0.25, -0.2) is 0 Å². The van der Waals surface area contributed by atoms with Crippen LogP contribution in [0, 0.1) is 0 Å². The van der Waals surface area contributed by atoms with E-state index in [0.717, 1.165) is 5.56 Å². The van der Waals surface area contributed by atoms with Crippen LogP contribution in [0.3, 0.4) is 0 Å². The van der Waals surface area contributed by atoms with E-state index in [1.165, 1.54) is 0 Å². The van der Waals surface area contributed by atoms with E-state index in [9.17, 15) is 8.42 Å². The van der Waals surface area contributed by atoms with Gasteiger partial charge in [0, 0.05) is 5.56 Å². The number of nitrogens with one attached hydrogen (secondary N) is 1. The van der Waals surface area contributed by atoms with Gasteiger partial charge in [0.2, 0.25) is 0 Å².